The van der Waals surface area contributed by atoms with Gasteiger partial charge in [-0.05, 0) is 13.8 Å². The lowest BCUT2D eigenvalue weighted by molar-refractivity contribution is -0.150. The number of hydrogen-bond acceptors (Lipinski definition) is 5. The summed E-state index contributed by atoms with van der Waals surface area (Å²) < 4.78 is 13.1. The Balaban J connectivity index is 3.75. The van der Waals surface area contributed by atoms with Gasteiger partial charge in [0.25, 0.3) is 0 Å². The maximum absolute atomic E-state index is 10.7. The second-order valence-corrected chi connectivity index (χ2v) is 1.88. The van der Waals surface area contributed by atoms with Crippen LogP contribution < -0.4 is 0 Å². The molecule has 0 fully saturated rings. The predicted molar refractivity (Wildman–Crippen MR) is 39.3 cm³/mol. The molecule has 0 aliphatic carbocycles. The molecule has 0 amide bonds. The van der Waals surface area contributed by atoms with Gasteiger partial charge < -0.3 is 14.2 Å². The molecule has 12 heavy (non-hydrogen) atoms. The van der Waals surface area contributed by atoms with Crippen molar-refractivity contribution in [3.63, 3.8) is 0 Å². The second-order valence-electron chi connectivity index (χ2n) is 1.88. The molecule has 0 spiro atoms. The van der Waals surface area contributed by atoms with Crippen LogP contribution in [0.5, 0.6) is 0 Å². The van der Waals surface area contributed by atoms with Crippen LogP contribution in [-0.4, -0.2) is 31.9 Å². The van der Waals surface area contributed by atoms with E-state index in [4.69, 9.17) is 0 Å². The Hall–Kier alpha value is -1.26. The molecule has 1 atom stereocenters. The molecule has 0 aromatic carbocycles. The molecule has 0 aliphatic rings. The Labute approximate surface area is 70.6 Å². The zero-order chi connectivity index (χ0) is 9.56. The standard InChI is InChI=1S/C7H11O5/c1-4-11-7(9)12-5(2)6(8)10-3/h5H,1,4H2,2-3H3/t5-/m1/s1. The summed E-state index contributed by atoms with van der Waals surface area (Å²) >= 11 is 0. The quantitative estimate of drug-likeness (QED) is 0.585. The summed E-state index contributed by atoms with van der Waals surface area (Å²) in [6.45, 7) is 4.61. The fourth-order valence-corrected chi connectivity index (χ4v) is 0.476. The van der Waals surface area contributed by atoms with E-state index in [-0.39, 0.29) is 6.61 Å². The minimum absolute atomic E-state index is 0.0350. The van der Waals surface area contributed by atoms with Gasteiger partial charge in [-0.15, -0.1) is 0 Å². The molecule has 0 aromatic heterocycles. The Morgan fingerprint density at radius 1 is 1.50 bits per heavy atom. The summed E-state index contributed by atoms with van der Waals surface area (Å²) in [5, 5.41) is 0. The van der Waals surface area contributed by atoms with Gasteiger partial charge in [0, 0.05) is 0 Å². The van der Waals surface area contributed by atoms with Crippen LogP contribution in [0.3, 0.4) is 0 Å². The largest absolute Gasteiger partial charge is 0.509 e. The van der Waals surface area contributed by atoms with Crippen molar-refractivity contribution in [2.24, 2.45) is 0 Å². The summed E-state index contributed by atoms with van der Waals surface area (Å²) in [5.74, 6) is -0.629. The summed E-state index contributed by atoms with van der Waals surface area (Å²) in [4.78, 5) is 21.3. The molecule has 5 heteroatoms. The van der Waals surface area contributed by atoms with Gasteiger partial charge in [0.2, 0.25) is 0 Å². The van der Waals surface area contributed by atoms with Crippen LogP contribution in [0.1, 0.15) is 6.92 Å². The first-order chi connectivity index (χ1) is 5.61. The van der Waals surface area contributed by atoms with Crippen molar-refractivity contribution in [1.29, 1.82) is 0 Å². The molecule has 0 aromatic rings. The summed E-state index contributed by atoms with van der Waals surface area (Å²) in [7, 11) is 1.20. The van der Waals surface area contributed by atoms with Gasteiger partial charge in [-0.2, -0.15) is 0 Å². The molecular weight excluding hydrogens is 164 g/mol. The maximum atomic E-state index is 10.7. The van der Waals surface area contributed by atoms with E-state index in [1.54, 1.807) is 0 Å². The van der Waals surface area contributed by atoms with Crippen LogP contribution in [0.25, 0.3) is 0 Å². The number of methoxy groups -OCH3 is 1. The van der Waals surface area contributed by atoms with Crippen molar-refractivity contribution in [2.75, 3.05) is 13.7 Å². The van der Waals surface area contributed by atoms with Crippen LogP contribution in [-0.2, 0) is 19.0 Å². The van der Waals surface area contributed by atoms with Gasteiger partial charge in [-0.25, -0.2) is 9.59 Å². The third-order valence-corrected chi connectivity index (χ3v) is 1.03. The number of rotatable bonds is 3. The Morgan fingerprint density at radius 2 is 2.08 bits per heavy atom. The average Bonchev–Trinajstić information content (AvgIpc) is 2.03. The van der Waals surface area contributed by atoms with Crippen molar-refractivity contribution in [1.82, 2.24) is 0 Å². The predicted octanol–water partition coefficient (Wildman–Crippen LogP) is 0.535. The maximum Gasteiger partial charge on any atom is 0.509 e. The average molecular weight is 175 g/mol. The molecule has 0 saturated carbocycles. The van der Waals surface area contributed by atoms with E-state index in [0.29, 0.717) is 0 Å². The number of esters is 1. The van der Waals surface area contributed by atoms with Gasteiger partial charge in [0.05, 0.1) is 13.7 Å². The minimum atomic E-state index is -0.950. The molecule has 0 rings (SSSR count). The van der Waals surface area contributed by atoms with E-state index in [1.165, 1.54) is 14.0 Å². The molecule has 1 radical (unpaired) electrons. The first kappa shape index (κ1) is 10.7. The lowest BCUT2D eigenvalue weighted by Gasteiger charge is -2.09. The molecule has 0 N–H and O–H groups in total. The van der Waals surface area contributed by atoms with Crippen molar-refractivity contribution in [3.05, 3.63) is 6.92 Å². The lowest BCUT2D eigenvalue weighted by Crippen LogP contribution is -2.25. The van der Waals surface area contributed by atoms with E-state index in [9.17, 15) is 9.59 Å². The zero-order valence-corrected chi connectivity index (χ0v) is 7.03. The summed E-state index contributed by atoms with van der Waals surface area (Å²) in [6.07, 6.45) is -1.88. The van der Waals surface area contributed by atoms with Gasteiger partial charge >= 0.3 is 12.1 Å². The number of carbonyl (C=O) groups is 2. The fourth-order valence-electron chi connectivity index (χ4n) is 0.476. The van der Waals surface area contributed by atoms with Crippen LogP contribution in [0.15, 0.2) is 0 Å². The third kappa shape index (κ3) is 3.80. The first-order valence-electron chi connectivity index (χ1n) is 3.32. The molecule has 0 aliphatic heterocycles. The van der Waals surface area contributed by atoms with Gasteiger partial charge in [-0.3, -0.25) is 0 Å². The van der Waals surface area contributed by atoms with E-state index >= 15 is 0 Å². The highest BCUT2D eigenvalue weighted by molar-refractivity contribution is 5.76. The fraction of sp³-hybridized carbons (Fsp3) is 0.571. The van der Waals surface area contributed by atoms with Crippen molar-refractivity contribution < 1.29 is 23.8 Å². The van der Waals surface area contributed by atoms with Crippen LogP contribution in [0, 0.1) is 6.92 Å². The SMILES string of the molecule is [CH2]COC(=O)O[C@H](C)C(=O)OC. The smallest absolute Gasteiger partial charge is 0.466 e. The van der Waals surface area contributed by atoms with Gasteiger partial charge in [0.1, 0.15) is 0 Å². The molecule has 69 valence electrons. The highest BCUT2D eigenvalue weighted by Crippen LogP contribution is 1.96. The van der Waals surface area contributed by atoms with Crippen molar-refractivity contribution >= 4 is 12.1 Å². The van der Waals surface area contributed by atoms with Gasteiger partial charge in [-0.1, -0.05) is 0 Å². The monoisotopic (exact) mass is 175 g/mol. The zero-order valence-electron chi connectivity index (χ0n) is 7.03. The third-order valence-electron chi connectivity index (χ3n) is 1.03. The van der Waals surface area contributed by atoms with Crippen molar-refractivity contribution in [3.8, 4) is 0 Å². The van der Waals surface area contributed by atoms with E-state index in [0.717, 1.165) is 0 Å². The second kappa shape index (κ2) is 5.40. The molecule has 0 saturated heterocycles. The lowest BCUT2D eigenvalue weighted by atomic mass is 10.4. The van der Waals surface area contributed by atoms with Gasteiger partial charge in [0.15, 0.2) is 6.10 Å². The summed E-state index contributed by atoms with van der Waals surface area (Å²) in [6, 6.07) is 0. The Bertz CT molecular complexity index is 165. The Morgan fingerprint density at radius 3 is 2.50 bits per heavy atom. The highest BCUT2D eigenvalue weighted by Gasteiger charge is 2.18. The van der Waals surface area contributed by atoms with E-state index in [1.807, 2.05) is 0 Å². The van der Waals surface area contributed by atoms with E-state index in [2.05, 4.69) is 21.1 Å². The molecule has 0 bridgehead atoms. The number of ether oxygens (including phenoxy) is 3. The normalized spacial score (nSPS) is 11.6. The number of hydrogen-bond donors (Lipinski definition) is 0. The topological polar surface area (TPSA) is 61.8 Å². The van der Waals surface area contributed by atoms with Crippen LogP contribution in [0.2, 0.25) is 0 Å². The van der Waals surface area contributed by atoms with Crippen molar-refractivity contribution in [2.45, 2.75) is 13.0 Å². The summed E-state index contributed by atoms with van der Waals surface area (Å²) in [5.41, 5.74) is 0. The molecular formula is C7H11O5. The van der Waals surface area contributed by atoms with Crippen LogP contribution >= 0.6 is 0 Å². The first-order valence-corrected chi connectivity index (χ1v) is 3.32. The minimum Gasteiger partial charge on any atom is -0.466 e. The molecule has 5 nitrogen and oxygen atoms in total. The molecule has 0 heterocycles. The number of carbonyl (C=O) groups excluding carboxylic acids is 2. The highest BCUT2D eigenvalue weighted by atomic mass is 16.7. The Kier molecular flexibility index (Phi) is 4.83. The van der Waals surface area contributed by atoms with E-state index < -0.39 is 18.2 Å². The molecule has 0 unspecified atom stereocenters. The van der Waals surface area contributed by atoms with Crippen LogP contribution in [0.4, 0.5) is 4.79 Å².